The number of thiazole rings is 1. The van der Waals surface area contributed by atoms with Gasteiger partial charge in [0, 0.05) is 33.8 Å². The van der Waals surface area contributed by atoms with Gasteiger partial charge in [-0.05, 0) is 43.0 Å². The van der Waals surface area contributed by atoms with Gasteiger partial charge in [-0.1, -0.05) is 37.7 Å². The van der Waals surface area contributed by atoms with Crippen molar-refractivity contribution in [2.45, 2.75) is 38.8 Å². The van der Waals surface area contributed by atoms with Crippen molar-refractivity contribution in [3.8, 4) is 22.6 Å². The number of hydrogen-bond acceptors (Lipinski definition) is 7. The number of hydrogen-bond donors (Lipinski definition) is 1. The molecule has 0 aliphatic heterocycles. The number of aromatic nitrogens is 4. The van der Waals surface area contributed by atoms with Gasteiger partial charge in [0.1, 0.15) is 0 Å². The van der Waals surface area contributed by atoms with Crippen molar-refractivity contribution in [1.29, 1.82) is 0 Å². The molecule has 166 valence electrons. The summed E-state index contributed by atoms with van der Waals surface area (Å²) in [6.07, 6.45) is 0. The van der Waals surface area contributed by atoms with Crippen LogP contribution in [0.1, 0.15) is 35.8 Å². The molecule has 4 aromatic rings. The normalized spacial score (nSPS) is 11.3. The Morgan fingerprint density at radius 2 is 1.91 bits per heavy atom. The number of benzene rings is 1. The molecule has 1 aromatic carbocycles. The lowest BCUT2D eigenvalue weighted by molar-refractivity contribution is -0.113. The van der Waals surface area contributed by atoms with Gasteiger partial charge >= 0.3 is 0 Å². The van der Waals surface area contributed by atoms with Gasteiger partial charge in [-0.2, -0.15) is 0 Å². The molecule has 6 nitrogen and oxygen atoms in total. The molecule has 3 aromatic heterocycles. The predicted molar refractivity (Wildman–Crippen MR) is 135 cm³/mol. The zero-order chi connectivity index (χ0) is 22.8. The maximum atomic E-state index is 12.5. The maximum absolute atomic E-state index is 12.5. The lowest BCUT2D eigenvalue weighted by Crippen LogP contribution is -2.14. The van der Waals surface area contributed by atoms with Crippen LogP contribution in [0.2, 0.25) is 0 Å². The fourth-order valence-electron chi connectivity index (χ4n) is 3.11. The molecular weight excluding hydrogens is 458 g/mol. The molecular formula is C23H25N5OS3. The van der Waals surface area contributed by atoms with Gasteiger partial charge in [0.05, 0.1) is 11.4 Å². The number of aryl methyl sites for hydroxylation is 2. The number of thioether (sulfide) groups is 1. The summed E-state index contributed by atoms with van der Waals surface area (Å²) in [4.78, 5) is 18.4. The Labute approximate surface area is 200 Å². The second-order valence-electron chi connectivity index (χ2n) is 7.93. The minimum absolute atomic E-state index is 0.113. The van der Waals surface area contributed by atoms with E-state index in [1.807, 2.05) is 17.0 Å². The summed E-state index contributed by atoms with van der Waals surface area (Å²) >= 11 is 4.53. The molecule has 0 unspecified atom stereocenters. The van der Waals surface area contributed by atoms with Crippen LogP contribution in [0.25, 0.3) is 22.6 Å². The van der Waals surface area contributed by atoms with Crippen LogP contribution in [0.4, 0.5) is 5.13 Å². The first-order chi connectivity index (χ1) is 15.3. The van der Waals surface area contributed by atoms with E-state index in [0.717, 1.165) is 22.6 Å². The van der Waals surface area contributed by atoms with Crippen LogP contribution in [0.5, 0.6) is 0 Å². The van der Waals surface area contributed by atoms with Gasteiger partial charge in [-0.15, -0.1) is 32.9 Å². The molecule has 0 bridgehead atoms. The zero-order valence-electron chi connectivity index (χ0n) is 18.7. The minimum Gasteiger partial charge on any atom is -0.305 e. The van der Waals surface area contributed by atoms with E-state index < -0.39 is 0 Å². The van der Waals surface area contributed by atoms with E-state index >= 15 is 0 Å². The molecule has 0 atom stereocenters. The van der Waals surface area contributed by atoms with Crippen LogP contribution in [0, 0.1) is 13.8 Å². The number of carbonyl (C=O) groups is 1. The first-order valence-electron chi connectivity index (χ1n) is 10.3. The van der Waals surface area contributed by atoms with E-state index in [-0.39, 0.29) is 11.7 Å². The Morgan fingerprint density at radius 1 is 1.09 bits per heavy atom. The van der Waals surface area contributed by atoms with Crippen LogP contribution in [0.15, 0.2) is 40.2 Å². The Hall–Kier alpha value is -2.49. The molecule has 0 saturated heterocycles. The highest BCUT2D eigenvalue weighted by molar-refractivity contribution is 7.99. The fraction of sp³-hybridized carbons (Fsp3) is 0.304. The lowest BCUT2D eigenvalue weighted by Gasteiger charge is -2.04. The summed E-state index contributed by atoms with van der Waals surface area (Å²) in [6.45, 7) is 8.54. The molecule has 0 aliphatic rings. The highest BCUT2D eigenvalue weighted by atomic mass is 32.2. The van der Waals surface area contributed by atoms with E-state index in [4.69, 9.17) is 0 Å². The summed E-state index contributed by atoms with van der Waals surface area (Å²) in [5, 5.41) is 16.9. The van der Waals surface area contributed by atoms with Crippen molar-refractivity contribution in [1.82, 2.24) is 19.7 Å². The van der Waals surface area contributed by atoms with Crippen molar-refractivity contribution in [3.63, 3.8) is 0 Å². The molecule has 0 aliphatic carbocycles. The standard InChI is InChI=1S/C23H25N5OS3/c1-13(2)19-9-17(10-30-19)21-26-27-23(28(21)5)32-12-20(29)25-22-24-18(11-31-22)16-7-6-14(3)15(4)8-16/h6-11,13H,12H2,1-5H3,(H,24,25,29). The summed E-state index contributed by atoms with van der Waals surface area (Å²) in [5.41, 5.74) is 5.46. The highest BCUT2D eigenvalue weighted by Crippen LogP contribution is 2.31. The van der Waals surface area contributed by atoms with Gasteiger partial charge < -0.3 is 9.88 Å². The molecule has 9 heteroatoms. The van der Waals surface area contributed by atoms with Crippen LogP contribution in [-0.2, 0) is 11.8 Å². The number of thiophene rings is 1. The van der Waals surface area contributed by atoms with Gasteiger partial charge in [0.25, 0.3) is 0 Å². The van der Waals surface area contributed by atoms with E-state index in [2.05, 4.69) is 77.8 Å². The minimum atomic E-state index is -0.113. The SMILES string of the molecule is Cc1ccc(-c2csc(NC(=O)CSc3nnc(-c4csc(C(C)C)c4)n3C)n2)cc1C. The Bertz CT molecular complexity index is 1250. The number of nitrogens with one attached hydrogen (secondary N) is 1. The molecule has 1 N–H and O–H groups in total. The molecule has 32 heavy (non-hydrogen) atoms. The first-order valence-corrected chi connectivity index (χ1v) is 13.0. The first kappa shape index (κ1) is 22.7. The summed E-state index contributed by atoms with van der Waals surface area (Å²) in [7, 11) is 1.93. The second kappa shape index (κ2) is 9.56. The molecule has 0 saturated carbocycles. The topological polar surface area (TPSA) is 72.7 Å². The quantitative estimate of drug-likeness (QED) is 0.320. The summed E-state index contributed by atoms with van der Waals surface area (Å²) in [6, 6.07) is 8.43. The van der Waals surface area contributed by atoms with Crippen molar-refractivity contribution in [2.24, 2.45) is 7.05 Å². The van der Waals surface area contributed by atoms with Crippen LogP contribution < -0.4 is 5.32 Å². The van der Waals surface area contributed by atoms with Crippen LogP contribution in [0.3, 0.4) is 0 Å². The van der Waals surface area contributed by atoms with Gasteiger partial charge in [0.2, 0.25) is 5.91 Å². The van der Waals surface area contributed by atoms with Crippen molar-refractivity contribution < 1.29 is 4.79 Å². The monoisotopic (exact) mass is 483 g/mol. The fourth-order valence-corrected chi connectivity index (χ4v) is 5.47. The number of nitrogens with zero attached hydrogens (tertiary/aromatic N) is 4. The molecule has 0 spiro atoms. The van der Waals surface area contributed by atoms with Crippen molar-refractivity contribution in [2.75, 3.05) is 11.1 Å². The summed E-state index contributed by atoms with van der Waals surface area (Å²) in [5.74, 6) is 1.43. The smallest absolute Gasteiger partial charge is 0.236 e. The maximum Gasteiger partial charge on any atom is 0.236 e. The van der Waals surface area contributed by atoms with Crippen LogP contribution in [-0.4, -0.2) is 31.4 Å². The second-order valence-corrected chi connectivity index (χ2v) is 10.7. The Kier molecular flexibility index (Phi) is 6.78. The Morgan fingerprint density at radius 3 is 2.62 bits per heavy atom. The number of rotatable bonds is 7. The third-order valence-electron chi connectivity index (χ3n) is 5.17. The highest BCUT2D eigenvalue weighted by Gasteiger charge is 2.16. The lowest BCUT2D eigenvalue weighted by atomic mass is 10.1. The largest absolute Gasteiger partial charge is 0.305 e. The number of amides is 1. The van der Waals surface area contributed by atoms with Gasteiger partial charge in [0.15, 0.2) is 16.1 Å². The van der Waals surface area contributed by atoms with E-state index in [9.17, 15) is 4.79 Å². The van der Waals surface area contributed by atoms with Gasteiger partial charge in [-0.25, -0.2) is 4.98 Å². The molecule has 3 heterocycles. The average Bonchev–Trinajstić information content (AvgIpc) is 3.49. The summed E-state index contributed by atoms with van der Waals surface area (Å²) < 4.78 is 1.94. The Balaban J connectivity index is 1.37. The van der Waals surface area contributed by atoms with Gasteiger partial charge in [-0.3, -0.25) is 4.79 Å². The molecule has 1 amide bonds. The van der Waals surface area contributed by atoms with Crippen molar-refractivity contribution in [3.05, 3.63) is 51.0 Å². The van der Waals surface area contributed by atoms with E-state index in [0.29, 0.717) is 16.2 Å². The average molecular weight is 484 g/mol. The third-order valence-corrected chi connectivity index (χ3v) is 8.18. The van der Waals surface area contributed by atoms with Crippen molar-refractivity contribution >= 4 is 45.5 Å². The third kappa shape index (κ3) is 4.95. The van der Waals surface area contributed by atoms with E-state index in [1.54, 1.807) is 11.3 Å². The molecule has 0 radical (unpaired) electrons. The van der Waals surface area contributed by atoms with E-state index in [1.165, 1.54) is 39.1 Å². The number of anilines is 1. The zero-order valence-corrected chi connectivity index (χ0v) is 21.1. The predicted octanol–water partition coefficient (Wildman–Crippen LogP) is 6.14. The molecule has 0 fully saturated rings. The molecule has 4 rings (SSSR count). The van der Waals surface area contributed by atoms with Crippen LogP contribution >= 0.6 is 34.4 Å². The number of carbonyl (C=O) groups excluding carboxylic acids is 1.